The molecule has 78 valence electrons. The minimum absolute atomic E-state index is 0.00435. The fraction of sp³-hybridized carbons (Fsp3) is 1.00. The molecule has 1 saturated heterocycles. The van der Waals surface area contributed by atoms with Gasteiger partial charge < -0.3 is 15.2 Å². The predicted octanol–water partition coefficient (Wildman–Crippen LogP) is 0.914. The summed E-state index contributed by atoms with van der Waals surface area (Å²) in [5.74, 6) is 0. The van der Waals surface area contributed by atoms with E-state index in [0.717, 1.165) is 32.4 Å². The third-order valence-corrected chi connectivity index (χ3v) is 2.47. The number of aliphatic hydroxyl groups is 1. The highest BCUT2D eigenvalue weighted by molar-refractivity contribution is 4.77. The topological polar surface area (TPSA) is 41.5 Å². The summed E-state index contributed by atoms with van der Waals surface area (Å²) in [5.41, 5.74) is 0. The SMILES string of the molecule is CCCC[C@@H](O)[C@H]1CNC[C@@H](C)O1. The van der Waals surface area contributed by atoms with Gasteiger partial charge in [-0.1, -0.05) is 19.8 Å². The van der Waals surface area contributed by atoms with Crippen molar-refractivity contribution in [1.29, 1.82) is 0 Å². The Morgan fingerprint density at radius 1 is 1.54 bits per heavy atom. The fourth-order valence-corrected chi connectivity index (χ4v) is 1.65. The first-order chi connectivity index (χ1) is 6.24. The van der Waals surface area contributed by atoms with Crippen LogP contribution in [-0.4, -0.2) is 36.5 Å². The number of aliphatic hydroxyl groups excluding tert-OH is 1. The predicted molar refractivity (Wildman–Crippen MR) is 52.7 cm³/mol. The molecule has 1 heterocycles. The van der Waals surface area contributed by atoms with Gasteiger partial charge in [-0.05, 0) is 13.3 Å². The smallest absolute Gasteiger partial charge is 0.0962 e. The van der Waals surface area contributed by atoms with Crippen molar-refractivity contribution in [2.45, 2.75) is 51.4 Å². The van der Waals surface area contributed by atoms with Crippen molar-refractivity contribution in [3.63, 3.8) is 0 Å². The summed E-state index contributed by atoms with van der Waals surface area (Å²) in [6, 6.07) is 0. The molecule has 1 aliphatic heterocycles. The van der Waals surface area contributed by atoms with Crippen LogP contribution in [0, 0.1) is 0 Å². The second-order valence-corrected chi connectivity index (χ2v) is 3.85. The quantitative estimate of drug-likeness (QED) is 0.687. The van der Waals surface area contributed by atoms with Gasteiger partial charge >= 0.3 is 0 Å². The van der Waals surface area contributed by atoms with Crippen LogP contribution >= 0.6 is 0 Å². The fourth-order valence-electron chi connectivity index (χ4n) is 1.65. The van der Waals surface area contributed by atoms with Gasteiger partial charge in [-0.15, -0.1) is 0 Å². The van der Waals surface area contributed by atoms with Gasteiger partial charge in [0.2, 0.25) is 0 Å². The molecule has 0 aromatic carbocycles. The summed E-state index contributed by atoms with van der Waals surface area (Å²) in [7, 11) is 0. The number of hydrogen-bond acceptors (Lipinski definition) is 3. The Morgan fingerprint density at radius 3 is 2.92 bits per heavy atom. The molecule has 0 unspecified atom stereocenters. The molecule has 1 fully saturated rings. The molecular formula is C10H21NO2. The number of morpholine rings is 1. The average Bonchev–Trinajstić information content (AvgIpc) is 2.14. The van der Waals surface area contributed by atoms with Crippen LogP contribution in [0.3, 0.4) is 0 Å². The summed E-state index contributed by atoms with van der Waals surface area (Å²) >= 11 is 0. The number of nitrogens with one attached hydrogen (secondary N) is 1. The molecule has 0 spiro atoms. The molecule has 2 N–H and O–H groups in total. The first-order valence-electron chi connectivity index (χ1n) is 5.28. The number of unbranched alkanes of at least 4 members (excludes halogenated alkanes) is 1. The van der Waals surface area contributed by atoms with Crippen molar-refractivity contribution < 1.29 is 9.84 Å². The van der Waals surface area contributed by atoms with Crippen LogP contribution < -0.4 is 5.32 Å². The highest BCUT2D eigenvalue weighted by atomic mass is 16.5. The Hall–Kier alpha value is -0.120. The molecular weight excluding hydrogens is 166 g/mol. The monoisotopic (exact) mass is 187 g/mol. The van der Waals surface area contributed by atoms with E-state index in [2.05, 4.69) is 12.2 Å². The standard InChI is InChI=1S/C10H21NO2/c1-3-4-5-9(12)10-7-11-6-8(2)13-10/h8-12H,3-7H2,1-2H3/t8-,9-,10-/m1/s1. The van der Waals surface area contributed by atoms with Gasteiger partial charge in [0.25, 0.3) is 0 Å². The maximum atomic E-state index is 9.76. The summed E-state index contributed by atoms with van der Waals surface area (Å²) in [6.07, 6.45) is 3.00. The van der Waals surface area contributed by atoms with Gasteiger partial charge in [-0.2, -0.15) is 0 Å². The lowest BCUT2D eigenvalue weighted by molar-refractivity contribution is -0.0903. The average molecular weight is 187 g/mol. The summed E-state index contributed by atoms with van der Waals surface area (Å²) < 4.78 is 5.63. The Morgan fingerprint density at radius 2 is 2.31 bits per heavy atom. The normalized spacial score (nSPS) is 31.6. The van der Waals surface area contributed by atoms with E-state index in [1.54, 1.807) is 0 Å². The van der Waals surface area contributed by atoms with E-state index in [4.69, 9.17) is 4.74 Å². The van der Waals surface area contributed by atoms with E-state index < -0.39 is 0 Å². The molecule has 0 aromatic heterocycles. The number of rotatable bonds is 4. The molecule has 0 saturated carbocycles. The van der Waals surface area contributed by atoms with Gasteiger partial charge in [0, 0.05) is 13.1 Å². The first-order valence-corrected chi connectivity index (χ1v) is 5.28. The second-order valence-electron chi connectivity index (χ2n) is 3.85. The molecule has 1 aliphatic rings. The van der Waals surface area contributed by atoms with Crippen molar-refractivity contribution in [3.05, 3.63) is 0 Å². The van der Waals surface area contributed by atoms with Crippen molar-refractivity contribution in [1.82, 2.24) is 5.32 Å². The minimum Gasteiger partial charge on any atom is -0.390 e. The molecule has 3 atom stereocenters. The van der Waals surface area contributed by atoms with Crippen LogP contribution in [0.2, 0.25) is 0 Å². The van der Waals surface area contributed by atoms with Crippen LogP contribution in [-0.2, 0) is 4.74 Å². The van der Waals surface area contributed by atoms with E-state index in [1.807, 2.05) is 6.92 Å². The van der Waals surface area contributed by atoms with E-state index in [0.29, 0.717) is 0 Å². The zero-order valence-corrected chi connectivity index (χ0v) is 8.62. The van der Waals surface area contributed by atoms with E-state index in [1.165, 1.54) is 0 Å². The maximum absolute atomic E-state index is 9.76. The van der Waals surface area contributed by atoms with Crippen LogP contribution in [0.1, 0.15) is 33.1 Å². The lowest BCUT2D eigenvalue weighted by Crippen LogP contribution is -2.48. The second kappa shape index (κ2) is 5.58. The van der Waals surface area contributed by atoms with E-state index >= 15 is 0 Å². The van der Waals surface area contributed by atoms with Gasteiger partial charge in [0.05, 0.1) is 18.3 Å². The third kappa shape index (κ3) is 3.63. The van der Waals surface area contributed by atoms with E-state index in [9.17, 15) is 5.11 Å². The van der Waals surface area contributed by atoms with Crippen LogP contribution in [0.25, 0.3) is 0 Å². The molecule has 3 nitrogen and oxygen atoms in total. The Bertz CT molecular complexity index is 141. The van der Waals surface area contributed by atoms with Crippen LogP contribution in [0.15, 0.2) is 0 Å². The van der Waals surface area contributed by atoms with Gasteiger partial charge in [-0.3, -0.25) is 0 Å². The lowest BCUT2D eigenvalue weighted by Gasteiger charge is -2.31. The van der Waals surface area contributed by atoms with Crippen molar-refractivity contribution >= 4 is 0 Å². The van der Waals surface area contributed by atoms with Crippen molar-refractivity contribution in [3.8, 4) is 0 Å². The molecule has 0 amide bonds. The summed E-state index contributed by atoms with van der Waals surface area (Å²) in [5, 5.41) is 13.0. The maximum Gasteiger partial charge on any atom is 0.0962 e. The van der Waals surface area contributed by atoms with Gasteiger partial charge in [-0.25, -0.2) is 0 Å². The molecule has 3 heteroatoms. The lowest BCUT2D eigenvalue weighted by atomic mass is 10.1. The Kier molecular flexibility index (Phi) is 4.70. The van der Waals surface area contributed by atoms with Crippen LogP contribution in [0.5, 0.6) is 0 Å². The summed E-state index contributed by atoms with van der Waals surface area (Å²) in [4.78, 5) is 0. The highest BCUT2D eigenvalue weighted by Gasteiger charge is 2.24. The highest BCUT2D eigenvalue weighted by Crippen LogP contribution is 2.12. The van der Waals surface area contributed by atoms with E-state index in [-0.39, 0.29) is 18.3 Å². The Balaban J connectivity index is 2.24. The van der Waals surface area contributed by atoms with Crippen molar-refractivity contribution in [2.75, 3.05) is 13.1 Å². The molecule has 13 heavy (non-hydrogen) atoms. The molecule has 1 rings (SSSR count). The van der Waals surface area contributed by atoms with Crippen LogP contribution in [0.4, 0.5) is 0 Å². The first kappa shape index (κ1) is 11.0. The molecule has 0 aliphatic carbocycles. The van der Waals surface area contributed by atoms with Crippen molar-refractivity contribution in [2.24, 2.45) is 0 Å². The minimum atomic E-state index is -0.296. The molecule has 0 radical (unpaired) electrons. The van der Waals surface area contributed by atoms with Gasteiger partial charge in [0.15, 0.2) is 0 Å². The number of hydrogen-bond donors (Lipinski definition) is 2. The molecule has 0 aromatic rings. The summed E-state index contributed by atoms with van der Waals surface area (Å²) in [6.45, 7) is 5.85. The zero-order valence-electron chi connectivity index (χ0n) is 8.62. The zero-order chi connectivity index (χ0) is 9.68. The third-order valence-electron chi connectivity index (χ3n) is 2.47. The Labute approximate surface area is 80.5 Å². The molecule has 0 bridgehead atoms. The largest absolute Gasteiger partial charge is 0.390 e. The van der Waals surface area contributed by atoms with Gasteiger partial charge in [0.1, 0.15) is 0 Å². The number of ether oxygens (including phenoxy) is 1.